The molecule has 50 heavy (non-hydrogen) atoms. The SMILES string of the molecule is COC(=O)CC[C@H](O)[C@@]1(C(=O)OC)CC(=O)c2c(O)cc(C)c(-c3c(C)cc(O)c4c3O[C@@](C(=O)OC)([C@@H](O)CCC(=O)OC)CC4=O)c2O1. The molecule has 0 amide bonds. The summed E-state index contributed by atoms with van der Waals surface area (Å²) in [6, 6.07) is 2.41. The summed E-state index contributed by atoms with van der Waals surface area (Å²) in [6.07, 6.45) is -6.85. The van der Waals surface area contributed by atoms with Gasteiger partial charge in [-0.2, -0.15) is 0 Å². The number of carbonyl (C=O) groups excluding carboxylic acids is 6. The Morgan fingerprint density at radius 1 is 0.660 bits per heavy atom. The van der Waals surface area contributed by atoms with Crippen molar-refractivity contribution < 1.29 is 77.6 Å². The van der Waals surface area contributed by atoms with E-state index in [4.69, 9.17) is 18.9 Å². The lowest BCUT2D eigenvalue weighted by atomic mass is 9.79. The zero-order valence-corrected chi connectivity index (χ0v) is 28.2. The van der Waals surface area contributed by atoms with E-state index in [1.807, 2.05) is 0 Å². The van der Waals surface area contributed by atoms with E-state index in [-0.39, 0.29) is 35.1 Å². The van der Waals surface area contributed by atoms with Crippen LogP contribution in [0.2, 0.25) is 0 Å². The number of esters is 4. The first kappa shape index (κ1) is 37.6. The van der Waals surface area contributed by atoms with Crippen LogP contribution < -0.4 is 9.47 Å². The predicted octanol–water partition coefficient (Wildman–Crippen LogP) is 1.76. The van der Waals surface area contributed by atoms with Crippen LogP contribution in [0.5, 0.6) is 23.0 Å². The number of Topliss-reactive ketones (excluding diaryl/α,β-unsaturated/α-hetero) is 2. The lowest BCUT2D eigenvalue weighted by molar-refractivity contribution is -0.172. The van der Waals surface area contributed by atoms with Gasteiger partial charge in [0.25, 0.3) is 0 Å². The second-order valence-corrected chi connectivity index (χ2v) is 12.0. The smallest absolute Gasteiger partial charge is 0.353 e. The maximum atomic E-state index is 13.8. The number of ether oxygens (including phenoxy) is 6. The molecule has 0 saturated carbocycles. The third kappa shape index (κ3) is 6.31. The molecule has 0 aromatic heterocycles. The van der Waals surface area contributed by atoms with Crippen molar-refractivity contribution in [2.45, 2.75) is 75.8 Å². The number of aliphatic hydroxyl groups is 2. The zero-order valence-electron chi connectivity index (χ0n) is 28.2. The number of aryl methyl sites for hydroxylation is 2. The average molecular weight is 703 g/mol. The first-order chi connectivity index (χ1) is 23.5. The van der Waals surface area contributed by atoms with Gasteiger partial charge in [-0.1, -0.05) is 0 Å². The number of hydrogen-bond acceptors (Lipinski definition) is 16. The zero-order chi connectivity index (χ0) is 37.3. The molecule has 0 aliphatic carbocycles. The molecule has 4 rings (SSSR count). The molecular formula is C34H38O16. The normalized spacial score (nSPS) is 20.6. The van der Waals surface area contributed by atoms with E-state index in [1.165, 1.54) is 26.0 Å². The Morgan fingerprint density at radius 2 is 1.00 bits per heavy atom. The lowest BCUT2D eigenvalue weighted by Crippen LogP contribution is -2.58. The van der Waals surface area contributed by atoms with Crippen molar-refractivity contribution in [1.29, 1.82) is 0 Å². The number of rotatable bonds is 11. The molecule has 4 atom stereocenters. The molecule has 2 aromatic rings. The molecule has 0 saturated heterocycles. The fourth-order valence-corrected chi connectivity index (χ4v) is 6.39. The van der Waals surface area contributed by atoms with Crippen molar-refractivity contribution in [3.05, 3.63) is 34.4 Å². The first-order valence-electron chi connectivity index (χ1n) is 15.4. The van der Waals surface area contributed by atoms with Gasteiger partial charge in [0.05, 0.1) is 41.3 Å². The number of fused-ring (bicyclic) bond motifs is 2. The van der Waals surface area contributed by atoms with Crippen LogP contribution >= 0.6 is 0 Å². The molecule has 0 fully saturated rings. The summed E-state index contributed by atoms with van der Waals surface area (Å²) in [5, 5.41) is 44.5. The minimum absolute atomic E-state index is 0.0643. The summed E-state index contributed by atoms with van der Waals surface area (Å²) in [4.78, 5) is 78.1. The second kappa shape index (κ2) is 14.3. The maximum Gasteiger partial charge on any atom is 0.353 e. The van der Waals surface area contributed by atoms with Crippen LogP contribution in [0.15, 0.2) is 12.1 Å². The van der Waals surface area contributed by atoms with Gasteiger partial charge in [-0.25, -0.2) is 9.59 Å². The molecule has 16 heteroatoms. The third-order valence-corrected chi connectivity index (χ3v) is 8.98. The number of aliphatic hydroxyl groups excluding tert-OH is 2. The summed E-state index contributed by atoms with van der Waals surface area (Å²) in [5.74, 6) is -7.56. The molecule has 0 unspecified atom stereocenters. The molecule has 16 nitrogen and oxygen atoms in total. The van der Waals surface area contributed by atoms with Gasteiger partial charge in [0.2, 0.25) is 11.2 Å². The number of aromatic hydroxyl groups is 2. The van der Waals surface area contributed by atoms with E-state index in [1.54, 1.807) is 0 Å². The van der Waals surface area contributed by atoms with E-state index in [0.29, 0.717) is 0 Å². The van der Waals surface area contributed by atoms with Crippen LogP contribution in [0.4, 0.5) is 0 Å². The van der Waals surface area contributed by atoms with Gasteiger partial charge in [-0.15, -0.1) is 0 Å². The Labute approximate surface area is 285 Å². The molecule has 2 aliphatic heterocycles. The summed E-state index contributed by atoms with van der Waals surface area (Å²) >= 11 is 0. The number of methoxy groups -OCH3 is 4. The van der Waals surface area contributed by atoms with Gasteiger partial charge in [-0.05, 0) is 49.9 Å². The van der Waals surface area contributed by atoms with Gasteiger partial charge in [-0.3, -0.25) is 19.2 Å². The summed E-state index contributed by atoms with van der Waals surface area (Å²) in [6.45, 7) is 2.96. The molecule has 0 spiro atoms. The maximum absolute atomic E-state index is 13.8. The lowest BCUT2D eigenvalue weighted by Gasteiger charge is -2.41. The van der Waals surface area contributed by atoms with Crippen LogP contribution in [0, 0.1) is 13.8 Å². The Kier molecular flexibility index (Phi) is 10.8. The highest BCUT2D eigenvalue weighted by Gasteiger charge is 2.57. The highest BCUT2D eigenvalue weighted by Crippen LogP contribution is 2.54. The number of ketones is 2. The van der Waals surface area contributed by atoms with E-state index in [9.17, 15) is 49.2 Å². The third-order valence-electron chi connectivity index (χ3n) is 8.98. The number of hydrogen-bond donors (Lipinski definition) is 4. The Bertz CT molecular complexity index is 1630. The number of benzene rings is 2. The molecule has 270 valence electrons. The topological polar surface area (TPSA) is 239 Å². The first-order valence-corrected chi connectivity index (χ1v) is 15.4. The Morgan fingerprint density at radius 3 is 1.30 bits per heavy atom. The summed E-state index contributed by atoms with van der Waals surface area (Å²) in [7, 11) is 4.24. The minimum atomic E-state index is -2.44. The molecule has 2 aromatic carbocycles. The molecular weight excluding hydrogens is 664 g/mol. The van der Waals surface area contributed by atoms with Crippen molar-refractivity contribution in [3.8, 4) is 34.1 Å². The molecule has 2 heterocycles. The van der Waals surface area contributed by atoms with Crippen LogP contribution in [-0.4, -0.2) is 108 Å². The van der Waals surface area contributed by atoms with Crippen LogP contribution in [-0.2, 0) is 38.1 Å². The van der Waals surface area contributed by atoms with Gasteiger partial charge >= 0.3 is 23.9 Å². The monoisotopic (exact) mass is 702 g/mol. The van der Waals surface area contributed by atoms with E-state index < -0.39 is 119 Å². The number of carbonyl (C=O) groups is 6. The van der Waals surface area contributed by atoms with Crippen molar-refractivity contribution in [3.63, 3.8) is 0 Å². The van der Waals surface area contributed by atoms with E-state index >= 15 is 0 Å². The largest absolute Gasteiger partial charge is 0.507 e. The molecule has 0 radical (unpaired) electrons. The van der Waals surface area contributed by atoms with Crippen molar-refractivity contribution in [2.24, 2.45) is 0 Å². The van der Waals surface area contributed by atoms with Gasteiger partial charge in [0, 0.05) is 24.0 Å². The van der Waals surface area contributed by atoms with Crippen LogP contribution in [0.1, 0.15) is 70.4 Å². The standard InChI is InChI=1S/C34H38O16/c1-15-11-17(35)27-19(37)13-33(31(43)47-5,21(39)7-9-23(41)45-3)49-29(27)25(15)26-16(2)12-18(36)28-20(38)14-34(32(44)48-6,50-30(26)28)22(40)8-10-24(42)46-4/h11-12,21-22,35-36,39-40H,7-10,13-14H2,1-6H3/t21-,22-,33+,34+/m0/s1. The summed E-state index contributed by atoms with van der Waals surface area (Å²) < 4.78 is 31.5. The highest BCUT2D eigenvalue weighted by molar-refractivity contribution is 6.11. The Balaban J connectivity index is 2.02. The number of phenolic OH excluding ortho intramolecular Hbond substituents is 2. The fourth-order valence-electron chi connectivity index (χ4n) is 6.39. The molecule has 0 bridgehead atoms. The van der Waals surface area contributed by atoms with Crippen LogP contribution in [0.3, 0.4) is 0 Å². The van der Waals surface area contributed by atoms with Crippen molar-refractivity contribution in [1.82, 2.24) is 0 Å². The predicted molar refractivity (Wildman–Crippen MR) is 168 cm³/mol. The fraction of sp³-hybridized carbons (Fsp3) is 0.471. The van der Waals surface area contributed by atoms with Gasteiger partial charge in [0.1, 0.15) is 46.3 Å². The highest BCUT2D eigenvalue weighted by atomic mass is 16.6. The average Bonchev–Trinajstić information content (AvgIpc) is 3.08. The van der Waals surface area contributed by atoms with Gasteiger partial charge in [0.15, 0.2) is 11.6 Å². The molecule has 4 N–H and O–H groups in total. The second-order valence-electron chi connectivity index (χ2n) is 12.0. The Hall–Kier alpha value is -5.22. The van der Waals surface area contributed by atoms with Crippen molar-refractivity contribution in [2.75, 3.05) is 28.4 Å². The van der Waals surface area contributed by atoms with Crippen molar-refractivity contribution >= 4 is 35.4 Å². The minimum Gasteiger partial charge on any atom is -0.507 e. The van der Waals surface area contributed by atoms with E-state index in [2.05, 4.69) is 9.47 Å². The van der Waals surface area contributed by atoms with Crippen LogP contribution in [0.25, 0.3) is 11.1 Å². The van der Waals surface area contributed by atoms with Gasteiger partial charge < -0.3 is 48.8 Å². The molecule has 2 aliphatic rings. The summed E-state index contributed by atoms with van der Waals surface area (Å²) in [5.41, 5.74) is -5.49. The number of phenols is 2. The quantitative estimate of drug-likeness (QED) is 0.193. The van der Waals surface area contributed by atoms with E-state index in [0.717, 1.165) is 28.4 Å².